The first-order valence-corrected chi connectivity index (χ1v) is 21.8. The van der Waals surface area contributed by atoms with Crippen LogP contribution in [0.25, 0.3) is 21.3 Å². The molecular formula is C44H50FN9O3S. The van der Waals surface area contributed by atoms with Gasteiger partial charge in [0.05, 0.1) is 28.6 Å². The zero-order valence-corrected chi connectivity index (χ0v) is 34.5. The van der Waals surface area contributed by atoms with Crippen LogP contribution in [0.1, 0.15) is 92.5 Å². The van der Waals surface area contributed by atoms with E-state index in [-0.39, 0.29) is 38.8 Å². The molecule has 4 aromatic heterocycles. The predicted octanol–water partition coefficient (Wildman–Crippen LogP) is 8.47. The summed E-state index contributed by atoms with van der Waals surface area (Å²) in [6, 6.07) is 8.31. The highest BCUT2D eigenvalue weighted by Crippen LogP contribution is 2.95. The number of halogens is 1. The molecule has 1 spiro atoms. The lowest BCUT2D eigenvalue weighted by Gasteiger charge is -2.82. The molecular weight excluding hydrogens is 754 g/mol. The van der Waals surface area contributed by atoms with Crippen LogP contribution in [-0.2, 0) is 17.7 Å². The Labute approximate surface area is 341 Å². The Morgan fingerprint density at radius 3 is 2.53 bits per heavy atom. The number of aromatic nitrogens is 6. The molecule has 5 fully saturated rings. The van der Waals surface area contributed by atoms with Crippen LogP contribution in [0, 0.1) is 41.3 Å². The Bertz CT molecular complexity index is 2510. The minimum absolute atomic E-state index is 0.00623. The van der Waals surface area contributed by atoms with Crippen LogP contribution in [0.5, 0.6) is 0 Å². The Balaban J connectivity index is 0.836. The number of ether oxygens (including phenoxy) is 1. The molecule has 2 aliphatic heterocycles. The monoisotopic (exact) mass is 803 g/mol. The minimum Gasteiger partial charge on any atom is -0.476 e. The Morgan fingerprint density at radius 2 is 1.76 bits per heavy atom. The van der Waals surface area contributed by atoms with E-state index in [1.807, 2.05) is 30.2 Å². The third-order valence-electron chi connectivity index (χ3n) is 15.5. The summed E-state index contributed by atoms with van der Waals surface area (Å²) in [6.45, 7) is 14.9. The van der Waals surface area contributed by atoms with Crippen molar-refractivity contribution in [1.29, 1.82) is 0 Å². The maximum atomic E-state index is 13.8. The topological polar surface area (TPSA) is 134 Å². The molecule has 2 atom stereocenters. The van der Waals surface area contributed by atoms with E-state index in [4.69, 9.17) is 14.8 Å². The molecule has 12 nitrogen and oxygen atoms in total. The second-order valence-corrected chi connectivity index (χ2v) is 20.0. The van der Waals surface area contributed by atoms with E-state index in [1.165, 1.54) is 81.5 Å². The number of anilines is 4. The Kier molecular flexibility index (Phi) is 7.87. The van der Waals surface area contributed by atoms with Gasteiger partial charge in [0.25, 0.3) is 0 Å². The van der Waals surface area contributed by atoms with Gasteiger partial charge >= 0.3 is 5.97 Å². The Hall–Kier alpha value is -4.53. The quantitative estimate of drug-likeness (QED) is 0.133. The van der Waals surface area contributed by atoms with Crippen LogP contribution in [0.2, 0.25) is 0 Å². The molecule has 6 heterocycles. The summed E-state index contributed by atoms with van der Waals surface area (Å²) in [6.07, 6.45) is 12.0. The van der Waals surface area contributed by atoms with Gasteiger partial charge in [-0.1, -0.05) is 25.2 Å². The summed E-state index contributed by atoms with van der Waals surface area (Å²) in [5.41, 5.74) is 5.98. The van der Waals surface area contributed by atoms with Gasteiger partial charge in [-0.2, -0.15) is 5.10 Å². The second-order valence-electron chi connectivity index (χ2n) is 19.0. The number of hydrogen-bond acceptors (Lipinski definition) is 11. The number of carboxylic acids is 1. The maximum absolute atomic E-state index is 13.8. The average molecular weight is 804 g/mol. The van der Waals surface area contributed by atoms with Crippen molar-refractivity contribution in [3.05, 3.63) is 64.9 Å². The fourth-order valence-electron chi connectivity index (χ4n) is 13.9. The van der Waals surface area contributed by atoms with Gasteiger partial charge in [-0.25, -0.2) is 19.2 Å². The standard InChI is InChI=1S/C44H50FN9O3S/c1-26-29-8-7-15-53(37(29)51-50-36(26)49-39-47-32-11-9-28(45)18-33(32)58-39)34-12-10-30(35(48-34)38(55)56)31-19-46-54(27(31)2)25-42-20-40(3)22-43(57-17-16-52-13-5-6-14-52)23-41(4,21-42)44(40,43)24-42/h9-12,18-19H,5-8,13-17,20-25H2,1-4H3,(H,55,56)(H,47,49,50). The van der Waals surface area contributed by atoms with Crippen LogP contribution in [0.4, 0.5) is 27.0 Å². The van der Waals surface area contributed by atoms with Crippen LogP contribution in [-0.4, -0.2) is 84.3 Å². The summed E-state index contributed by atoms with van der Waals surface area (Å²) in [7, 11) is 0. The lowest BCUT2D eigenvalue weighted by Crippen LogP contribution is -2.82. The van der Waals surface area contributed by atoms with Gasteiger partial charge in [-0.3, -0.25) is 4.68 Å². The predicted molar refractivity (Wildman–Crippen MR) is 221 cm³/mol. The van der Waals surface area contributed by atoms with Gasteiger partial charge in [-0.15, -0.1) is 10.2 Å². The van der Waals surface area contributed by atoms with Crippen molar-refractivity contribution >= 4 is 50.1 Å². The van der Waals surface area contributed by atoms with Crippen molar-refractivity contribution in [3.63, 3.8) is 0 Å². The number of carbonyl (C=O) groups is 1. The molecule has 1 aromatic carbocycles. The van der Waals surface area contributed by atoms with Crippen molar-refractivity contribution in [1.82, 2.24) is 34.8 Å². The number of benzene rings is 1. The normalized spacial score (nSPS) is 30.7. The third-order valence-corrected chi connectivity index (χ3v) is 16.5. The first kappa shape index (κ1) is 36.5. The highest BCUT2D eigenvalue weighted by Gasteiger charge is 2.93. The van der Waals surface area contributed by atoms with Crippen molar-refractivity contribution in [2.24, 2.45) is 21.7 Å². The van der Waals surface area contributed by atoms with E-state index in [1.54, 1.807) is 6.07 Å². The molecule has 0 radical (unpaired) electrons. The largest absolute Gasteiger partial charge is 0.476 e. The van der Waals surface area contributed by atoms with Gasteiger partial charge in [0.15, 0.2) is 22.5 Å². The lowest BCUT2D eigenvalue weighted by molar-refractivity contribution is -0.397. The molecule has 2 unspecified atom stereocenters. The third kappa shape index (κ3) is 5.03. The van der Waals surface area contributed by atoms with Crippen molar-refractivity contribution in [2.75, 3.05) is 43.0 Å². The summed E-state index contributed by atoms with van der Waals surface area (Å²) >= 11 is 1.36. The molecule has 58 heavy (non-hydrogen) atoms. The van der Waals surface area contributed by atoms with Crippen molar-refractivity contribution in [2.45, 2.75) is 97.6 Å². The molecule has 11 rings (SSSR count). The summed E-state index contributed by atoms with van der Waals surface area (Å²) in [5.74, 6) is 0.381. The number of nitrogens with zero attached hydrogens (tertiary/aromatic N) is 8. The van der Waals surface area contributed by atoms with E-state index in [0.29, 0.717) is 40.2 Å². The molecule has 2 bridgehead atoms. The number of likely N-dealkylation sites (tertiary alicyclic amines) is 1. The van der Waals surface area contributed by atoms with Crippen LogP contribution in [0.15, 0.2) is 36.5 Å². The Morgan fingerprint density at radius 1 is 0.966 bits per heavy atom. The van der Waals surface area contributed by atoms with E-state index >= 15 is 0 Å². The maximum Gasteiger partial charge on any atom is 0.355 e. The summed E-state index contributed by atoms with van der Waals surface area (Å²) < 4.78 is 23.6. The van der Waals surface area contributed by atoms with Gasteiger partial charge in [0.2, 0.25) is 0 Å². The first-order chi connectivity index (χ1) is 27.8. The average Bonchev–Trinajstić information content (AvgIpc) is 4.00. The van der Waals surface area contributed by atoms with Crippen molar-refractivity contribution < 1.29 is 19.0 Å². The van der Waals surface area contributed by atoms with Crippen LogP contribution in [0.3, 0.4) is 0 Å². The number of nitrogens with one attached hydrogen (secondary N) is 1. The molecule has 5 aromatic rings. The fraction of sp³-hybridized carbons (Fsp3) is 0.545. The van der Waals surface area contributed by atoms with E-state index in [2.05, 4.69) is 50.9 Å². The molecule has 6 aliphatic rings. The molecule has 2 N–H and O–H groups in total. The zero-order chi connectivity index (χ0) is 39.8. The highest BCUT2D eigenvalue weighted by molar-refractivity contribution is 7.22. The van der Waals surface area contributed by atoms with Crippen LogP contribution < -0.4 is 10.2 Å². The summed E-state index contributed by atoms with van der Waals surface area (Å²) in [4.78, 5) is 26.8. The first-order valence-electron chi connectivity index (χ1n) is 20.9. The number of thiazole rings is 1. The highest BCUT2D eigenvalue weighted by atomic mass is 32.1. The number of aromatic carboxylic acids is 1. The van der Waals surface area contributed by atoms with E-state index < -0.39 is 5.97 Å². The van der Waals surface area contributed by atoms with E-state index in [0.717, 1.165) is 59.6 Å². The van der Waals surface area contributed by atoms with E-state index in [9.17, 15) is 14.3 Å². The minimum atomic E-state index is -1.09. The van der Waals surface area contributed by atoms with Gasteiger partial charge in [0.1, 0.15) is 11.6 Å². The smallest absolute Gasteiger partial charge is 0.355 e. The molecule has 0 amide bonds. The van der Waals surface area contributed by atoms with Crippen molar-refractivity contribution in [3.8, 4) is 11.1 Å². The number of rotatable bonds is 11. The van der Waals surface area contributed by atoms with Crippen LogP contribution >= 0.6 is 11.3 Å². The number of hydrogen-bond donors (Lipinski definition) is 2. The van der Waals surface area contributed by atoms with Gasteiger partial charge in [0, 0.05) is 53.0 Å². The summed E-state index contributed by atoms with van der Waals surface area (Å²) in [5, 5.41) is 28.6. The lowest BCUT2D eigenvalue weighted by atomic mass is 9.25. The second kappa shape index (κ2) is 12.5. The number of fused-ring (bicyclic) bond motifs is 3. The number of pyridine rings is 1. The fourth-order valence-corrected chi connectivity index (χ4v) is 14.8. The number of carboxylic acid groups (broad SMARTS) is 1. The molecule has 4 aliphatic carbocycles. The molecule has 14 heteroatoms. The molecule has 4 saturated carbocycles. The zero-order valence-electron chi connectivity index (χ0n) is 33.7. The SMILES string of the molecule is Cc1c(Nc2nc3ccc(F)cc3s2)nnc2c1CCCN2c1ccc(-c2cnn(CC34CC5(C)CC6(OCCN7CCCC7)CC(C)(C3)C56C4)c2C)c(C(=O)O)n1. The van der Waals surface area contributed by atoms with Gasteiger partial charge < -0.3 is 25.0 Å². The molecule has 1 saturated heterocycles. The van der Waals surface area contributed by atoms with Gasteiger partial charge in [-0.05, 0) is 131 Å². The molecule has 302 valence electrons.